The van der Waals surface area contributed by atoms with E-state index in [-0.39, 0.29) is 24.3 Å². The molecule has 0 saturated heterocycles. The Morgan fingerprint density at radius 1 is 1.44 bits per heavy atom. The lowest BCUT2D eigenvalue weighted by Crippen LogP contribution is -2.15. The van der Waals surface area contributed by atoms with Crippen molar-refractivity contribution in [2.24, 2.45) is 5.73 Å². The lowest BCUT2D eigenvalue weighted by atomic mass is 10.2. The zero-order valence-corrected chi connectivity index (χ0v) is 9.03. The third kappa shape index (κ3) is 3.43. The quantitative estimate of drug-likeness (QED) is 0.815. The maximum absolute atomic E-state index is 10.8. The maximum atomic E-state index is 10.8. The molecule has 0 bridgehead atoms. The molecule has 0 unspecified atom stereocenters. The molecule has 86 valence electrons. The summed E-state index contributed by atoms with van der Waals surface area (Å²) < 4.78 is 5.12. The zero-order chi connectivity index (χ0) is 12.1. The first-order valence-electron chi connectivity index (χ1n) is 4.44. The summed E-state index contributed by atoms with van der Waals surface area (Å²) in [6, 6.07) is 4.23. The summed E-state index contributed by atoms with van der Waals surface area (Å²) in [5, 5.41) is 9.17. The van der Waals surface area contributed by atoms with Gasteiger partial charge in [-0.1, -0.05) is 11.6 Å². The number of aromatic carboxylic acids is 1. The number of hydrogen-bond acceptors (Lipinski definition) is 3. The van der Waals surface area contributed by atoms with Crippen LogP contribution in [-0.4, -0.2) is 23.6 Å². The smallest absolute Gasteiger partial charge is 0.339 e. The van der Waals surface area contributed by atoms with Crippen LogP contribution in [0.1, 0.15) is 16.8 Å². The molecule has 0 fully saturated rings. The fraction of sp³-hybridized carbons (Fsp3) is 0.200. The van der Waals surface area contributed by atoms with Crippen LogP contribution >= 0.6 is 11.6 Å². The van der Waals surface area contributed by atoms with Gasteiger partial charge in [0.05, 0.1) is 13.0 Å². The Bertz CT molecular complexity index is 419. The molecule has 0 radical (unpaired) electrons. The lowest BCUT2D eigenvalue weighted by molar-refractivity contribution is -0.118. The first kappa shape index (κ1) is 12.3. The number of primary amides is 1. The van der Waals surface area contributed by atoms with Crippen molar-refractivity contribution in [1.29, 1.82) is 0 Å². The molecule has 0 saturated carbocycles. The van der Waals surface area contributed by atoms with Crippen LogP contribution < -0.4 is 10.5 Å². The second-order valence-electron chi connectivity index (χ2n) is 3.01. The number of carboxylic acid groups (broad SMARTS) is 1. The lowest BCUT2D eigenvalue weighted by Gasteiger charge is -2.08. The van der Waals surface area contributed by atoms with Gasteiger partial charge < -0.3 is 15.6 Å². The van der Waals surface area contributed by atoms with Crippen LogP contribution in [-0.2, 0) is 4.79 Å². The summed E-state index contributed by atoms with van der Waals surface area (Å²) >= 11 is 5.65. The van der Waals surface area contributed by atoms with E-state index in [1.165, 1.54) is 18.2 Å². The average molecular weight is 244 g/mol. The first-order valence-corrected chi connectivity index (χ1v) is 4.82. The molecule has 0 aliphatic heterocycles. The van der Waals surface area contributed by atoms with Crippen LogP contribution in [0.2, 0.25) is 5.02 Å². The van der Waals surface area contributed by atoms with E-state index >= 15 is 0 Å². The van der Waals surface area contributed by atoms with Gasteiger partial charge in [-0.05, 0) is 18.2 Å². The minimum absolute atomic E-state index is 0.0294. The monoisotopic (exact) mass is 243 g/mol. The molecule has 1 aromatic rings. The van der Waals surface area contributed by atoms with Gasteiger partial charge in [0.2, 0.25) is 5.91 Å². The van der Waals surface area contributed by atoms with E-state index < -0.39 is 11.9 Å². The largest absolute Gasteiger partial charge is 0.492 e. The van der Waals surface area contributed by atoms with E-state index in [4.69, 9.17) is 27.2 Å². The van der Waals surface area contributed by atoms with Crippen molar-refractivity contribution in [3.8, 4) is 5.75 Å². The van der Waals surface area contributed by atoms with Gasteiger partial charge in [-0.2, -0.15) is 0 Å². The van der Waals surface area contributed by atoms with E-state index in [1.807, 2.05) is 0 Å². The van der Waals surface area contributed by atoms with E-state index in [2.05, 4.69) is 0 Å². The number of carboxylic acids is 1. The van der Waals surface area contributed by atoms with Crippen LogP contribution in [0.15, 0.2) is 18.2 Å². The fourth-order valence-corrected chi connectivity index (χ4v) is 1.23. The van der Waals surface area contributed by atoms with Gasteiger partial charge in [0, 0.05) is 5.02 Å². The van der Waals surface area contributed by atoms with Gasteiger partial charge in [-0.25, -0.2) is 4.79 Å². The minimum atomic E-state index is -1.14. The summed E-state index contributed by atoms with van der Waals surface area (Å²) in [4.78, 5) is 21.3. The van der Waals surface area contributed by atoms with Crippen molar-refractivity contribution in [3.63, 3.8) is 0 Å². The predicted molar refractivity (Wildman–Crippen MR) is 57.7 cm³/mol. The van der Waals surface area contributed by atoms with Crippen molar-refractivity contribution in [1.82, 2.24) is 0 Å². The molecule has 5 nitrogen and oxygen atoms in total. The Labute approximate surface area is 96.8 Å². The molecule has 0 heterocycles. The number of hydrogen-bond donors (Lipinski definition) is 2. The number of rotatable bonds is 5. The Kier molecular flexibility index (Phi) is 4.13. The molecule has 3 N–H and O–H groups in total. The topological polar surface area (TPSA) is 89.6 Å². The van der Waals surface area contributed by atoms with E-state index in [1.54, 1.807) is 0 Å². The molecular formula is C10H10ClNO4. The summed E-state index contributed by atoms with van der Waals surface area (Å²) in [5.74, 6) is -1.49. The highest BCUT2D eigenvalue weighted by Gasteiger charge is 2.12. The third-order valence-electron chi connectivity index (χ3n) is 1.78. The van der Waals surface area contributed by atoms with E-state index in [9.17, 15) is 9.59 Å². The number of amides is 1. The Hall–Kier alpha value is -1.75. The summed E-state index contributed by atoms with van der Waals surface area (Å²) in [6.45, 7) is 0.0389. The number of halogens is 1. The summed E-state index contributed by atoms with van der Waals surface area (Å²) in [7, 11) is 0. The number of ether oxygens (including phenoxy) is 1. The number of nitrogens with two attached hydrogens (primary N) is 1. The average Bonchev–Trinajstić information content (AvgIpc) is 2.19. The van der Waals surface area contributed by atoms with Crippen LogP contribution in [0.3, 0.4) is 0 Å². The molecule has 0 aliphatic carbocycles. The second kappa shape index (κ2) is 5.37. The molecule has 1 rings (SSSR count). The van der Waals surface area contributed by atoms with Crippen molar-refractivity contribution in [2.75, 3.05) is 6.61 Å². The van der Waals surface area contributed by atoms with Crippen molar-refractivity contribution in [2.45, 2.75) is 6.42 Å². The molecule has 0 spiro atoms. The second-order valence-corrected chi connectivity index (χ2v) is 3.45. The van der Waals surface area contributed by atoms with Crippen LogP contribution in [0.5, 0.6) is 5.75 Å². The van der Waals surface area contributed by atoms with Gasteiger partial charge in [-0.3, -0.25) is 4.79 Å². The van der Waals surface area contributed by atoms with Crippen LogP contribution in [0.4, 0.5) is 0 Å². The number of carbonyl (C=O) groups excluding carboxylic acids is 1. The van der Waals surface area contributed by atoms with Gasteiger partial charge >= 0.3 is 5.97 Å². The SMILES string of the molecule is NC(=O)CCOc1ccc(Cl)cc1C(=O)O. The van der Waals surface area contributed by atoms with Gasteiger partial charge in [0.15, 0.2) is 0 Å². The summed E-state index contributed by atoms with van der Waals surface area (Å²) in [5.41, 5.74) is 4.88. The molecule has 0 aromatic heterocycles. The molecule has 1 aromatic carbocycles. The number of benzene rings is 1. The van der Waals surface area contributed by atoms with Gasteiger partial charge in [0.1, 0.15) is 11.3 Å². The highest BCUT2D eigenvalue weighted by Crippen LogP contribution is 2.22. The normalized spacial score (nSPS) is 9.81. The molecule has 0 atom stereocenters. The fourth-order valence-electron chi connectivity index (χ4n) is 1.06. The highest BCUT2D eigenvalue weighted by atomic mass is 35.5. The first-order chi connectivity index (χ1) is 7.50. The molecular weight excluding hydrogens is 234 g/mol. The van der Waals surface area contributed by atoms with Crippen LogP contribution in [0, 0.1) is 0 Å². The Balaban J connectivity index is 2.78. The highest BCUT2D eigenvalue weighted by molar-refractivity contribution is 6.31. The van der Waals surface area contributed by atoms with Crippen molar-refractivity contribution < 1.29 is 19.4 Å². The molecule has 16 heavy (non-hydrogen) atoms. The van der Waals surface area contributed by atoms with Gasteiger partial charge in [0.25, 0.3) is 0 Å². The Morgan fingerprint density at radius 3 is 2.69 bits per heavy atom. The molecule has 0 aliphatic rings. The van der Waals surface area contributed by atoms with E-state index in [0.717, 1.165) is 0 Å². The molecule has 1 amide bonds. The maximum Gasteiger partial charge on any atom is 0.339 e. The standard InChI is InChI=1S/C10H10ClNO4/c11-6-1-2-8(7(5-6)10(14)15)16-4-3-9(12)13/h1-2,5H,3-4H2,(H2,12,13)(H,14,15). The van der Waals surface area contributed by atoms with E-state index in [0.29, 0.717) is 5.02 Å². The minimum Gasteiger partial charge on any atom is -0.492 e. The zero-order valence-electron chi connectivity index (χ0n) is 8.27. The molecule has 6 heteroatoms. The van der Waals surface area contributed by atoms with Crippen LogP contribution in [0.25, 0.3) is 0 Å². The number of carbonyl (C=O) groups is 2. The Morgan fingerprint density at radius 2 is 2.12 bits per heavy atom. The predicted octanol–water partition coefficient (Wildman–Crippen LogP) is 1.29. The van der Waals surface area contributed by atoms with Crippen molar-refractivity contribution in [3.05, 3.63) is 28.8 Å². The third-order valence-corrected chi connectivity index (χ3v) is 2.01. The van der Waals surface area contributed by atoms with Crippen molar-refractivity contribution >= 4 is 23.5 Å². The van der Waals surface area contributed by atoms with Gasteiger partial charge in [-0.15, -0.1) is 0 Å². The summed E-state index contributed by atoms with van der Waals surface area (Å²) in [6.07, 6.45) is 0.0294.